The second kappa shape index (κ2) is 9.63. The van der Waals surface area contributed by atoms with Crippen molar-refractivity contribution in [2.75, 3.05) is 26.2 Å². The third kappa shape index (κ3) is 6.47. The SMILES string of the molecule is Cc1cccc(C#CC(C2CCN(C(=O)OC(C)(C)C)CC2)N2CCCCC2)n1. The topological polar surface area (TPSA) is 45.7 Å². The van der Waals surface area contributed by atoms with Gasteiger partial charge < -0.3 is 9.64 Å². The minimum absolute atomic E-state index is 0.194. The van der Waals surface area contributed by atoms with E-state index in [1.54, 1.807) is 0 Å². The quantitative estimate of drug-likeness (QED) is 0.700. The molecular formula is C24H35N3O2. The Bertz CT molecular complexity index is 745. The van der Waals surface area contributed by atoms with Gasteiger partial charge in [0.1, 0.15) is 11.3 Å². The van der Waals surface area contributed by atoms with E-state index < -0.39 is 5.60 Å². The van der Waals surface area contributed by atoms with Crippen LogP contribution in [0.5, 0.6) is 0 Å². The largest absolute Gasteiger partial charge is 0.444 e. The molecule has 29 heavy (non-hydrogen) atoms. The lowest BCUT2D eigenvalue weighted by molar-refractivity contribution is 0.0145. The van der Waals surface area contributed by atoms with Crippen LogP contribution in [-0.2, 0) is 4.74 Å². The van der Waals surface area contributed by atoms with Crippen LogP contribution in [0.15, 0.2) is 18.2 Å². The van der Waals surface area contributed by atoms with Gasteiger partial charge in [-0.25, -0.2) is 9.78 Å². The fourth-order valence-electron chi connectivity index (χ4n) is 4.19. The van der Waals surface area contributed by atoms with Crippen molar-refractivity contribution in [1.82, 2.24) is 14.8 Å². The lowest BCUT2D eigenvalue weighted by Gasteiger charge is -2.40. The number of amides is 1. The summed E-state index contributed by atoms with van der Waals surface area (Å²) in [6, 6.07) is 6.23. The van der Waals surface area contributed by atoms with Crippen LogP contribution >= 0.6 is 0 Å². The number of nitrogens with zero attached hydrogens (tertiary/aromatic N) is 3. The minimum Gasteiger partial charge on any atom is -0.444 e. The molecule has 3 rings (SSSR count). The molecule has 2 aliphatic rings. The van der Waals surface area contributed by atoms with Gasteiger partial charge >= 0.3 is 6.09 Å². The summed E-state index contributed by atoms with van der Waals surface area (Å²) in [5, 5.41) is 0. The molecule has 2 saturated heterocycles. The van der Waals surface area contributed by atoms with E-state index in [1.807, 2.05) is 50.8 Å². The summed E-state index contributed by atoms with van der Waals surface area (Å²) < 4.78 is 5.55. The Kier molecular flexibility index (Phi) is 7.18. The molecule has 1 atom stereocenters. The summed E-state index contributed by atoms with van der Waals surface area (Å²) in [6.45, 7) is 11.5. The van der Waals surface area contributed by atoms with Crippen LogP contribution in [0.4, 0.5) is 4.79 Å². The molecule has 0 aliphatic carbocycles. The van der Waals surface area contributed by atoms with Crippen LogP contribution < -0.4 is 0 Å². The summed E-state index contributed by atoms with van der Waals surface area (Å²) in [6.07, 6.45) is 5.55. The third-order valence-electron chi connectivity index (χ3n) is 5.66. The van der Waals surface area contributed by atoms with Gasteiger partial charge in [-0.15, -0.1) is 0 Å². The molecule has 1 unspecified atom stereocenters. The van der Waals surface area contributed by atoms with Crippen LogP contribution in [0, 0.1) is 24.7 Å². The van der Waals surface area contributed by atoms with Crippen molar-refractivity contribution in [3.05, 3.63) is 29.6 Å². The monoisotopic (exact) mass is 397 g/mol. The molecule has 2 fully saturated rings. The highest BCUT2D eigenvalue weighted by Crippen LogP contribution is 2.27. The first-order chi connectivity index (χ1) is 13.8. The molecule has 0 aromatic carbocycles. The van der Waals surface area contributed by atoms with Crippen molar-refractivity contribution in [3.8, 4) is 11.8 Å². The highest BCUT2D eigenvalue weighted by atomic mass is 16.6. The first kappa shape index (κ1) is 21.6. The molecule has 1 amide bonds. The van der Waals surface area contributed by atoms with Gasteiger partial charge in [0.05, 0.1) is 6.04 Å². The van der Waals surface area contributed by atoms with E-state index in [4.69, 9.17) is 4.74 Å². The Morgan fingerprint density at radius 1 is 1.14 bits per heavy atom. The van der Waals surface area contributed by atoms with E-state index in [-0.39, 0.29) is 12.1 Å². The fraction of sp³-hybridized carbons (Fsp3) is 0.667. The second-order valence-electron chi connectivity index (χ2n) is 9.28. The van der Waals surface area contributed by atoms with E-state index in [0.717, 1.165) is 50.4 Å². The number of carbonyl (C=O) groups is 1. The number of carbonyl (C=O) groups excluding carboxylic acids is 1. The molecule has 5 nitrogen and oxygen atoms in total. The highest BCUT2D eigenvalue weighted by Gasteiger charge is 2.33. The maximum Gasteiger partial charge on any atom is 0.410 e. The first-order valence-corrected chi connectivity index (χ1v) is 11.0. The zero-order chi connectivity index (χ0) is 20.9. The van der Waals surface area contributed by atoms with Gasteiger partial charge in [-0.3, -0.25) is 4.90 Å². The number of aromatic nitrogens is 1. The molecular weight excluding hydrogens is 362 g/mol. The third-order valence-corrected chi connectivity index (χ3v) is 5.66. The molecule has 5 heteroatoms. The molecule has 158 valence electrons. The van der Waals surface area contributed by atoms with Crippen LogP contribution in [0.3, 0.4) is 0 Å². The number of hydrogen-bond donors (Lipinski definition) is 0. The van der Waals surface area contributed by atoms with Crippen LogP contribution in [0.1, 0.15) is 64.3 Å². The number of pyridine rings is 1. The van der Waals surface area contributed by atoms with Crippen LogP contribution in [0.2, 0.25) is 0 Å². The van der Waals surface area contributed by atoms with Gasteiger partial charge in [0, 0.05) is 18.8 Å². The summed E-state index contributed by atoms with van der Waals surface area (Å²) in [5.41, 5.74) is 1.39. The number of piperidine rings is 2. The average molecular weight is 398 g/mol. The zero-order valence-electron chi connectivity index (χ0n) is 18.4. The Labute approximate surface area is 175 Å². The van der Waals surface area contributed by atoms with Crippen LogP contribution in [0.25, 0.3) is 0 Å². The summed E-state index contributed by atoms with van der Waals surface area (Å²) >= 11 is 0. The zero-order valence-corrected chi connectivity index (χ0v) is 18.4. The van der Waals surface area contributed by atoms with E-state index in [0.29, 0.717) is 5.92 Å². The van der Waals surface area contributed by atoms with Crippen molar-refractivity contribution in [3.63, 3.8) is 0 Å². The molecule has 3 heterocycles. The van der Waals surface area contributed by atoms with Gasteiger partial charge in [-0.2, -0.15) is 0 Å². The molecule has 0 saturated carbocycles. The lowest BCUT2D eigenvalue weighted by atomic mass is 9.87. The maximum absolute atomic E-state index is 12.4. The standard InChI is InChI=1S/C24H35N3O2/c1-19-9-8-10-21(25-19)11-12-22(26-15-6-5-7-16-26)20-13-17-27(18-14-20)23(28)29-24(2,3)4/h8-10,20,22H,5-7,13-18H2,1-4H3. The first-order valence-electron chi connectivity index (χ1n) is 11.0. The van der Waals surface area contributed by atoms with E-state index in [1.165, 1.54) is 19.3 Å². The summed E-state index contributed by atoms with van der Waals surface area (Å²) in [4.78, 5) is 21.3. The highest BCUT2D eigenvalue weighted by molar-refractivity contribution is 5.68. The Balaban J connectivity index is 1.68. The minimum atomic E-state index is -0.448. The number of hydrogen-bond acceptors (Lipinski definition) is 4. The fourth-order valence-corrected chi connectivity index (χ4v) is 4.19. The molecule has 0 radical (unpaired) electrons. The van der Waals surface area contributed by atoms with Gasteiger partial charge in [0.25, 0.3) is 0 Å². The van der Waals surface area contributed by atoms with E-state index >= 15 is 0 Å². The Hall–Kier alpha value is -2.06. The van der Waals surface area contributed by atoms with Gasteiger partial charge in [0.2, 0.25) is 0 Å². The van der Waals surface area contributed by atoms with Crippen molar-refractivity contribution >= 4 is 6.09 Å². The van der Waals surface area contributed by atoms with Gasteiger partial charge in [-0.1, -0.05) is 18.4 Å². The van der Waals surface area contributed by atoms with Crippen LogP contribution in [-0.4, -0.2) is 58.7 Å². The van der Waals surface area contributed by atoms with Gasteiger partial charge in [0.15, 0.2) is 0 Å². The Morgan fingerprint density at radius 3 is 2.45 bits per heavy atom. The molecule has 2 aliphatic heterocycles. The number of rotatable bonds is 2. The number of ether oxygens (including phenoxy) is 1. The molecule has 1 aromatic rings. The van der Waals surface area contributed by atoms with Crippen molar-refractivity contribution in [1.29, 1.82) is 0 Å². The molecule has 1 aromatic heterocycles. The molecule has 0 spiro atoms. The maximum atomic E-state index is 12.4. The Morgan fingerprint density at radius 2 is 1.83 bits per heavy atom. The predicted molar refractivity (Wildman–Crippen MR) is 116 cm³/mol. The van der Waals surface area contributed by atoms with Crippen molar-refractivity contribution in [2.45, 2.75) is 71.4 Å². The molecule has 0 N–H and O–H groups in total. The smallest absolute Gasteiger partial charge is 0.410 e. The van der Waals surface area contributed by atoms with Crippen molar-refractivity contribution < 1.29 is 9.53 Å². The molecule has 0 bridgehead atoms. The normalized spacial score (nSPS) is 19.9. The number of likely N-dealkylation sites (tertiary alicyclic amines) is 2. The van der Waals surface area contributed by atoms with E-state index in [9.17, 15) is 4.79 Å². The van der Waals surface area contributed by atoms with Crippen molar-refractivity contribution in [2.24, 2.45) is 5.92 Å². The van der Waals surface area contributed by atoms with E-state index in [2.05, 4.69) is 21.7 Å². The second-order valence-corrected chi connectivity index (χ2v) is 9.28. The van der Waals surface area contributed by atoms with Gasteiger partial charge in [-0.05, 0) is 90.4 Å². The lowest BCUT2D eigenvalue weighted by Crippen LogP contribution is -2.48. The average Bonchev–Trinajstić information content (AvgIpc) is 2.68. The number of aryl methyl sites for hydroxylation is 1. The predicted octanol–water partition coefficient (Wildman–Crippen LogP) is 4.24. The summed E-state index contributed by atoms with van der Waals surface area (Å²) in [5.74, 6) is 7.38. The summed E-state index contributed by atoms with van der Waals surface area (Å²) in [7, 11) is 0.